The quantitative estimate of drug-likeness (QED) is 0.390. The number of hydrogen-bond donors (Lipinski definition) is 2. The summed E-state index contributed by atoms with van der Waals surface area (Å²) in [6.07, 6.45) is -4.52. The van der Waals surface area contributed by atoms with Gasteiger partial charge in [-0.05, 0) is 70.5 Å². The van der Waals surface area contributed by atoms with Gasteiger partial charge in [0.15, 0.2) is 6.61 Å². The van der Waals surface area contributed by atoms with Crippen LogP contribution in [-0.4, -0.2) is 18.4 Å². The molecule has 0 aromatic heterocycles. The Balaban J connectivity index is 1.62. The second kappa shape index (κ2) is 10.1. The largest absolute Gasteiger partial charge is 0.483 e. The number of carbonyl (C=O) groups is 2. The Kier molecular flexibility index (Phi) is 7.42. The van der Waals surface area contributed by atoms with Gasteiger partial charge in [0, 0.05) is 22.0 Å². The molecule has 0 atom stereocenters. The molecule has 166 valence electrons. The maximum atomic E-state index is 12.8. The van der Waals surface area contributed by atoms with Crippen molar-refractivity contribution in [2.45, 2.75) is 6.18 Å². The van der Waals surface area contributed by atoms with Crippen LogP contribution in [0.3, 0.4) is 0 Å². The van der Waals surface area contributed by atoms with Gasteiger partial charge in [0.05, 0.1) is 10.0 Å². The third-order valence-corrected chi connectivity index (χ3v) is 4.96. The number of carbonyl (C=O) groups excluding carboxylic acids is 2. The first kappa shape index (κ1) is 23.6. The summed E-state index contributed by atoms with van der Waals surface area (Å²) in [5.41, 5.74) is -0.392. The topological polar surface area (TPSA) is 67.4 Å². The molecule has 0 saturated carbocycles. The summed E-state index contributed by atoms with van der Waals surface area (Å²) < 4.78 is 44.5. The van der Waals surface area contributed by atoms with Gasteiger partial charge in [-0.3, -0.25) is 9.59 Å². The van der Waals surface area contributed by atoms with Crippen LogP contribution in [0.5, 0.6) is 5.75 Å². The highest BCUT2D eigenvalue weighted by Crippen LogP contribution is 2.31. The number of halogens is 5. The van der Waals surface area contributed by atoms with E-state index in [0.717, 1.165) is 12.1 Å². The third-order valence-electron chi connectivity index (χ3n) is 4.11. The Morgan fingerprint density at radius 1 is 0.938 bits per heavy atom. The normalized spacial score (nSPS) is 11.0. The fourth-order valence-electron chi connectivity index (χ4n) is 2.65. The van der Waals surface area contributed by atoms with Crippen molar-refractivity contribution in [3.8, 4) is 5.75 Å². The number of nitrogens with one attached hydrogen (secondary N) is 2. The van der Waals surface area contributed by atoms with Gasteiger partial charge in [0.2, 0.25) is 0 Å². The molecule has 5 nitrogen and oxygen atoms in total. The lowest BCUT2D eigenvalue weighted by Crippen LogP contribution is -2.20. The molecule has 32 heavy (non-hydrogen) atoms. The van der Waals surface area contributed by atoms with E-state index in [1.165, 1.54) is 30.3 Å². The van der Waals surface area contributed by atoms with Crippen LogP contribution in [-0.2, 0) is 11.0 Å². The summed E-state index contributed by atoms with van der Waals surface area (Å²) in [4.78, 5) is 24.6. The number of alkyl halides is 3. The number of benzene rings is 3. The number of rotatable bonds is 6. The van der Waals surface area contributed by atoms with E-state index in [4.69, 9.17) is 16.3 Å². The SMILES string of the molecule is O=C(COc1ccc(Cl)cc1Br)Nc1cccc(C(=O)Nc2cccc(C(F)(F)F)c2)c1. The van der Waals surface area contributed by atoms with Gasteiger partial charge in [-0.1, -0.05) is 23.7 Å². The zero-order valence-electron chi connectivity index (χ0n) is 16.2. The van der Waals surface area contributed by atoms with Crippen LogP contribution in [0.2, 0.25) is 5.02 Å². The van der Waals surface area contributed by atoms with Crippen molar-refractivity contribution in [1.82, 2.24) is 0 Å². The molecule has 0 aliphatic heterocycles. The summed E-state index contributed by atoms with van der Waals surface area (Å²) >= 11 is 9.14. The van der Waals surface area contributed by atoms with Gasteiger partial charge in [-0.2, -0.15) is 13.2 Å². The molecule has 0 aliphatic carbocycles. The maximum absolute atomic E-state index is 12.8. The minimum Gasteiger partial charge on any atom is -0.483 e. The van der Waals surface area contributed by atoms with Crippen LogP contribution in [0, 0.1) is 0 Å². The fourth-order valence-corrected chi connectivity index (χ4v) is 3.44. The lowest BCUT2D eigenvalue weighted by atomic mass is 10.1. The van der Waals surface area contributed by atoms with E-state index < -0.39 is 23.6 Å². The van der Waals surface area contributed by atoms with Crippen LogP contribution in [0.15, 0.2) is 71.2 Å². The molecule has 3 rings (SSSR count). The number of anilines is 2. The first-order chi connectivity index (χ1) is 15.1. The van der Waals surface area contributed by atoms with Crippen molar-refractivity contribution in [2.24, 2.45) is 0 Å². The van der Waals surface area contributed by atoms with Gasteiger partial charge in [-0.15, -0.1) is 0 Å². The third kappa shape index (κ3) is 6.48. The van der Waals surface area contributed by atoms with Crippen molar-refractivity contribution in [1.29, 1.82) is 0 Å². The van der Waals surface area contributed by atoms with E-state index in [1.807, 2.05) is 0 Å². The Morgan fingerprint density at radius 2 is 1.62 bits per heavy atom. The maximum Gasteiger partial charge on any atom is 0.416 e. The molecule has 0 saturated heterocycles. The minimum absolute atomic E-state index is 0.00112. The zero-order valence-corrected chi connectivity index (χ0v) is 18.5. The van der Waals surface area contributed by atoms with Gasteiger partial charge >= 0.3 is 6.18 Å². The predicted molar refractivity (Wildman–Crippen MR) is 119 cm³/mol. The second-order valence-electron chi connectivity index (χ2n) is 6.53. The first-order valence-electron chi connectivity index (χ1n) is 9.08. The Bertz CT molecular complexity index is 1160. The lowest BCUT2D eigenvalue weighted by Gasteiger charge is -2.11. The highest BCUT2D eigenvalue weighted by Gasteiger charge is 2.30. The van der Waals surface area contributed by atoms with E-state index >= 15 is 0 Å². The molecule has 0 unspecified atom stereocenters. The van der Waals surface area contributed by atoms with E-state index in [1.54, 1.807) is 24.3 Å². The Morgan fingerprint density at radius 3 is 2.31 bits per heavy atom. The molecule has 0 spiro atoms. The average Bonchev–Trinajstić information content (AvgIpc) is 2.73. The molecule has 0 heterocycles. The van der Waals surface area contributed by atoms with E-state index in [0.29, 0.717) is 20.9 Å². The highest BCUT2D eigenvalue weighted by molar-refractivity contribution is 9.10. The van der Waals surface area contributed by atoms with Crippen LogP contribution >= 0.6 is 27.5 Å². The second-order valence-corrected chi connectivity index (χ2v) is 7.82. The number of amides is 2. The molecule has 2 N–H and O–H groups in total. The number of hydrogen-bond acceptors (Lipinski definition) is 3. The molecule has 3 aromatic carbocycles. The standard InChI is InChI=1S/C22H15BrClF3N2O3/c23-18-11-15(24)7-8-19(18)32-12-20(30)28-16-5-1-3-13(9-16)21(31)29-17-6-2-4-14(10-17)22(25,26)27/h1-11H,12H2,(H,28,30)(H,29,31). The van der Waals surface area contributed by atoms with E-state index in [-0.39, 0.29) is 17.9 Å². The molecule has 2 amide bonds. The first-order valence-corrected chi connectivity index (χ1v) is 10.3. The predicted octanol–water partition coefficient (Wildman–Crippen LogP) is 6.39. The summed E-state index contributed by atoms with van der Waals surface area (Å²) in [6, 6.07) is 15.1. The van der Waals surface area contributed by atoms with Crippen LogP contribution < -0.4 is 15.4 Å². The zero-order chi connectivity index (χ0) is 23.3. The molecule has 0 aliphatic rings. The molecular formula is C22H15BrClF3N2O3. The van der Waals surface area contributed by atoms with E-state index in [9.17, 15) is 22.8 Å². The minimum atomic E-state index is -4.52. The lowest BCUT2D eigenvalue weighted by molar-refractivity contribution is -0.137. The van der Waals surface area contributed by atoms with Crippen molar-refractivity contribution < 1.29 is 27.5 Å². The molecule has 0 radical (unpaired) electrons. The molecule has 0 bridgehead atoms. The molecule has 3 aromatic rings. The fraction of sp³-hybridized carbons (Fsp3) is 0.0909. The van der Waals surface area contributed by atoms with Crippen LogP contribution in [0.25, 0.3) is 0 Å². The van der Waals surface area contributed by atoms with Gasteiger partial charge in [0.25, 0.3) is 11.8 Å². The number of ether oxygens (including phenoxy) is 1. The highest BCUT2D eigenvalue weighted by atomic mass is 79.9. The molecule has 10 heteroatoms. The van der Waals surface area contributed by atoms with Crippen molar-refractivity contribution in [3.05, 3.63) is 87.4 Å². The molecule has 0 fully saturated rings. The summed E-state index contributed by atoms with van der Waals surface area (Å²) in [5, 5.41) is 5.52. The molecular weight excluding hydrogens is 513 g/mol. The van der Waals surface area contributed by atoms with Gasteiger partial charge in [-0.25, -0.2) is 0 Å². The average molecular weight is 528 g/mol. The summed E-state index contributed by atoms with van der Waals surface area (Å²) in [5.74, 6) is -0.664. The van der Waals surface area contributed by atoms with Gasteiger partial charge < -0.3 is 15.4 Å². The van der Waals surface area contributed by atoms with Crippen molar-refractivity contribution >= 4 is 50.7 Å². The van der Waals surface area contributed by atoms with Crippen LogP contribution in [0.4, 0.5) is 24.5 Å². The summed E-state index contributed by atoms with van der Waals surface area (Å²) in [7, 11) is 0. The van der Waals surface area contributed by atoms with Crippen molar-refractivity contribution in [2.75, 3.05) is 17.2 Å². The smallest absolute Gasteiger partial charge is 0.416 e. The Hall–Kier alpha value is -3.04. The van der Waals surface area contributed by atoms with Crippen molar-refractivity contribution in [3.63, 3.8) is 0 Å². The van der Waals surface area contributed by atoms with Crippen LogP contribution in [0.1, 0.15) is 15.9 Å². The Labute approximate surface area is 194 Å². The van der Waals surface area contributed by atoms with Gasteiger partial charge in [0.1, 0.15) is 5.75 Å². The summed E-state index contributed by atoms with van der Waals surface area (Å²) in [6.45, 7) is -0.291. The monoisotopic (exact) mass is 526 g/mol. The van der Waals surface area contributed by atoms with E-state index in [2.05, 4.69) is 26.6 Å².